The van der Waals surface area contributed by atoms with Gasteiger partial charge in [0.25, 0.3) is 0 Å². The summed E-state index contributed by atoms with van der Waals surface area (Å²) < 4.78 is 14.5. The average molecular weight is 174 g/mol. The van der Waals surface area contributed by atoms with E-state index in [0.29, 0.717) is 5.03 Å². The van der Waals surface area contributed by atoms with Gasteiger partial charge >= 0.3 is 0 Å². The molecule has 0 spiro atoms. The molecule has 11 heavy (non-hydrogen) atoms. The zero-order valence-corrected chi connectivity index (χ0v) is 7.49. The predicted octanol–water partition coefficient (Wildman–Crippen LogP) is 2.15. The minimum Gasteiger partial charge on any atom is -0.256 e. The van der Waals surface area contributed by atoms with Crippen molar-refractivity contribution in [2.24, 2.45) is 0 Å². The average Bonchev–Trinajstić information content (AvgIpc) is 2.33. The highest BCUT2D eigenvalue weighted by Crippen LogP contribution is 2.18. The first-order chi connectivity index (χ1) is 5.29. The highest BCUT2D eigenvalue weighted by Gasteiger charge is 2.07. The third kappa shape index (κ3) is 1.74. The van der Waals surface area contributed by atoms with Gasteiger partial charge in [0.05, 0.1) is 6.20 Å². The Morgan fingerprint density at radius 1 is 1.73 bits per heavy atom. The van der Waals surface area contributed by atoms with Crippen LogP contribution >= 0.6 is 11.8 Å². The van der Waals surface area contributed by atoms with E-state index in [1.807, 2.05) is 13.2 Å². The predicted molar refractivity (Wildman–Crippen MR) is 44.3 cm³/mol. The molecule has 1 aromatic rings. The molecule has 0 amide bonds. The molecule has 0 aliphatic rings. The van der Waals surface area contributed by atoms with Gasteiger partial charge < -0.3 is 0 Å². The maximum absolute atomic E-state index is 12.8. The van der Waals surface area contributed by atoms with Gasteiger partial charge in [0.1, 0.15) is 5.03 Å². The Labute approximate surface area is 69.8 Å². The van der Waals surface area contributed by atoms with E-state index < -0.39 is 0 Å². The zero-order valence-electron chi connectivity index (χ0n) is 6.67. The van der Waals surface area contributed by atoms with Gasteiger partial charge in [-0.2, -0.15) is 5.10 Å². The number of hydrogen-bond donors (Lipinski definition) is 0. The van der Waals surface area contributed by atoms with Crippen molar-refractivity contribution in [3.63, 3.8) is 0 Å². The van der Waals surface area contributed by atoms with Gasteiger partial charge in [0.15, 0.2) is 5.82 Å². The summed E-state index contributed by atoms with van der Waals surface area (Å²) in [6, 6.07) is 0. The van der Waals surface area contributed by atoms with Crippen LogP contribution in [0.25, 0.3) is 0 Å². The number of halogens is 1. The largest absolute Gasteiger partial charge is 0.256 e. The highest BCUT2D eigenvalue weighted by atomic mass is 32.2. The summed E-state index contributed by atoms with van der Waals surface area (Å²) >= 11 is 1.39. The van der Waals surface area contributed by atoms with E-state index in [4.69, 9.17) is 0 Å². The summed E-state index contributed by atoms with van der Waals surface area (Å²) in [5.74, 6) is -0.217. The molecule has 1 rings (SSSR count). The number of nitrogens with zero attached hydrogens (tertiary/aromatic N) is 2. The first-order valence-corrected chi connectivity index (χ1v) is 4.77. The molecule has 0 saturated heterocycles. The molecule has 0 aliphatic carbocycles. The van der Waals surface area contributed by atoms with Gasteiger partial charge in [-0.1, -0.05) is 6.92 Å². The van der Waals surface area contributed by atoms with Crippen LogP contribution in [0.3, 0.4) is 0 Å². The molecule has 1 aromatic heterocycles. The molecule has 0 fully saturated rings. The Hall–Kier alpha value is -0.510. The van der Waals surface area contributed by atoms with Crippen LogP contribution in [0.1, 0.15) is 13.3 Å². The summed E-state index contributed by atoms with van der Waals surface area (Å²) in [6.45, 7) is 2.84. The van der Waals surface area contributed by atoms with Crippen molar-refractivity contribution in [1.82, 2.24) is 9.78 Å². The molecule has 62 valence electrons. The Morgan fingerprint density at radius 2 is 2.45 bits per heavy atom. The highest BCUT2D eigenvalue weighted by molar-refractivity contribution is 7.98. The van der Waals surface area contributed by atoms with Gasteiger partial charge in [0.2, 0.25) is 0 Å². The second-order valence-corrected chi connectivity index (χ2v) is 3.02. The zero-order chi connectivity index (χ0) is 8.27. The van der Waals surface area contributed by atoms with Gasteiger partial charge in [-0.05, 0) is 12.7 Å². The maximum Gasteiger partial charge on any atom is 0.174 e. The van der Waals surface area contributed by atoms with Crippen LogP contribution < -0.4 is 0 Å². The smallest absolute Gasteiger partial charge is 0.174 e. The number of thioether (sulfide) groups is 1. The molecule has 0 radical (unpaired) electrons. The minimum absolute atomic E-state index is 0.217. The maximum atomic E-state index is 12.8. The van der Waals surface area contributed by atoms with Crippen molar-refractivity contribution in [1.29, 1.82) is 0 Å². The summed E-state index contributed by atoms with van der Waals surface area (Å²) in [5.41, 5.74) is 0. The first-order valence-electron chi connectivity index (χ1n) is 3.55. The van der Waals surface area contributed by atoms with E-state index in [2.05, 4.69) is 5.10 Å². The van der Waals surface area contributed by atoms with E-state index in [1.165, 1.54) is 18.0 Å². The van der Waals surface area contributed by atoms with Gasteiger partial charge in [-0.25, -0.2) is 4.39 Å². The number of rotatable bonds is 3. The fourth-order valence-electron chi connectivity index (χ4n) is 0.925. The van der Waals surface area contributed by atoms with E-state index >= 15 is 0 Å². The van der Waals surface area contributed by atoms with E-state index in [1.54, 1.807) is 4.68 Å². The van der Waals surface area contributed by atoms with Crippen LogP contribution in [0.15, 0.2) is 11.2 Å². The Balaban J connectivity index is 2.86. The molecule has 0 unspecified atom stereocenters. The van der Waals surface area contributed by atoms with Crippen LogP contribution in [0, 0.1) is 5.82 Å². The topological polar surface area (TPSA) is 17.8 Å². The molecule has 0 aliphatic heterocycles. The molecule has 1 heterocycles. The lowest BCUT2D eigenvalue weighted by Crippen LogP contribution is -2.00. The van der Waals surface area contributed by atoms with Crippen LogP contribution in [-0.4, -0.2) is 16.0 Å². The van der Waals surface area contributed by atoms with Crippen LogP contribution in [-0.2, 0) is 6.54 Å². The van der Waals surface area contributed by atoms with Crippen LogP contribution in [0.2, 0.25) is 0 Å². The molecule has 0 atom stereocenters. The van der Waals surface area contributed by atoms with Crippen molar-refractivity contribution >= 4 is 11.8 Å². The van der Waals surface area contributed by atoms with Crippen molar-refractivity contribution in [2.75, 3.05) is 6.26 Å². The van der Waals surface area contributed by atoms with Crippen LogP contribution in [0.5, 0.6) is 0 Å². The third-order valence-corrected chi connectivity index (χ3v) is 2.17. The van der Waals surface area contributed by atoms with Gasteiger partial charge in [-0.15, -0.1) is 11.8 Å². The van der Waals surface area contributed by atoms with Crippen molar-refractivity contribution in [3.05, 3.63) is 12.0 Å². The van der Waals surface area contributed by atoms with Crippen molar-refractivity contribution in [2.45, 2.75) is 24.9 Å². The number of hydrogen-bond acceptors (Lipinski definition) is 2. The second kappa shape index (κ2) is 3.76. The lowest BCUT2D eigenvalue weighted by Gasteiger charge is -2.01. The third-order valence-electron chi connectivity index (χ3n) is 1.38. The Kier molecular flexibility index (Phi) is 2.93. The summed E-state index contributed by atoms with van der Waals surface area (Å²) in [4.78, 5) is 0. The molecule has 2 nitrogen and oxygen atoms in total. The van der Waals surface area contributed by atoms with Crippen molar-refractivity contribution in [3.8, 4) is 0 Å². The van der Waals surface area contributed by atoms with Gasteiger partial charge in [-0.3, -0.25) is 4.68 Å². The molecule has 0 bridgehead atoms. The van der Waals surface area contributed by atoms with Gasteiger partial charge in [0, 0.05) is 6.54 Å². The van der Waals surface area contributed by atoms with E-state index in [0.717, 1.165) is 13.0 Å². The molecular weight excluding hydrogens is 163 g/mol. The fourth-order valence-corrected chi connectivity index (χ4v) is 1.52. The summed E-state index contributed by atoms with van der Waals surface area (Å²) in [5, 5.41) is 4.53. The fraction of sp³-hybridized carbons (Fsp3) is 0.571. The van der Waals surface area contributed by atoms with E-state index in [-0.39, 0.29) is 5.82 Å². The molecule has 0 saturated carbocycles. The minimum atomic E-state index is -0.217. The SMILES string of the molecule is CCCn1ncc(F)c1SC. The standard InChI is InChI=1S/C7H11FN2S/c1-3-4-10-7(11-2)6(8)5-9-10/h5H,3-4H2,1-2H3. The quantitative estimate of drug-likeness (QED) is 0.653. The summed E-state index contributed by atoms with van der Waals surface area (Å²) in [7, 11) is 0. The van der Waals surface area contributed by atoms with Crippen molar-refractivity contribution < 1.29 is 4.39 Å². The number of aryl methyl sites for hydroxylation is 1. The number of aromatic nitrogens is 2. The Bertz CT molecular complexity index is 234. The molecule has 0 aromatic carbocycles. The van der Waals surface area contributed by atoms with E-state index in [9.17, 15) is 4.39 Å². The second-order valence-electron chi connectivity index (χ2n) is 2.22. The lowest BCUT2D eigenvalue weighted by molar-refractivity contribution is 0.527. The lowest BCUT2D eigenvalue weighted by atomic mass is 10.5. The van der Waals surface area contributed by atoms with Crippen LogP contribution in [0.4, 0.5) is 4.39 Å². The normalized spacial score (nSPS) is 10.5. The summed E-state index contributed by atoms with van der Waals surface area (Å²) in [6.07, 6.45) is 4.10. The first kappa shape index (κ1) is 8.59. The monoisotopic (exact) mass is 174 g/mol. The Morgan fingerprint density at radius 3 is 3.00 bits per heavy atom. The molecule has 4 heteroatoms. The molecule has 0 N–H and O–H groups in total. The molecular formula is C7H11FN2S.